The van der Waals surface area contributed by atoms with E-state index in [1.54, 1.807) is 0 Å². The molecule has 0 unspecified atom stereocenters. The summed E-state index contributed by atoms with van der Waals surface area (Å²) in [6.45, 7) is 5.39. The van der Waals surface area contributed by atoms with E-state index in [4.69, 9.17) is 11.2 Å². The quantitative estimate of drug-likeness (QED) is 0.428. The molecule has 0 aromatic rings. The zero-order chi connectivity index (χ0) is 10.5. The number of hydrogen-bond acceptors (Lipinski definition) is 2. The smallest absolute Gasteiger partial charge is 0.0591 e. The minimum Gasteiger partial charge on any atom is -0.380 e. The number of rotatable bonds is 10. The van der Waals surface area contributed by atoms with Crippen LogP contribution in [-0.2, 0) is 4.74 Å². The van der Waals surface area contributed by atoms with Gasteiger partial charge in [-0.3, -0.25) is 0 Å². The third-order valence-corrected chi connectivity index (χ3v) is 2.04. The Morgan fingerprint density at radius 1 is 1.14 bits per heavy atom. The molecule has 0 aliphatic heterocycles. The fraction of sp³-hybridized carbons (Fsp3) is 0.833. The zero-order valence-electron chi connectivity index (χ0n) is 9.35. The monoisotopic (exact) mass is 197 g/mol. The van der Waals surface area contributed by atoms with E-state index in [1.807, 2.05) is 0 Å². The molecule has 0 saturated carbocycles. The van der Waals surface area contributed by atoms with E-state index in [2.05, 4.69) is 18.2 Å². The molecule has 0 spiro atoms. The summed E-state index contributed by atoms with van der Waals surface area (Å²) >= 11 is 0. The van der Waals surface area contributed by atoms with Gasteiger partial charge in [-0.15, -0.1) is 6.42 Å². The first kappa shape index (κ1) is 13.5. The van der Waals surface area contributed by atoms with E-state index in [0.29, 0.717) is 6.54 Å². The lowest BCUT2D eigenvalue weighted by Gasteiger charge is -2.03. The summed E-state index contributed by atoms with van der Waals surface area (Å²) < 4.78 is 5.43. The molecule has 0 radical (unpaired) electrons. The Morgan fingerprint density at radius 2 is 1.93 bits per heavy atom. The number of hydrogen-bond donors (Lipinski definition) is 1. The van der Waals surface area contributed by atoms with Crippen LogP contribution in [0, 0.1) is 12.3 Å². The highest BCUT2D eigenvalue weighted by atomic mass is 16.5. The Kier molecular flexibility index (Phi) is 12.0. The van der Waals surface area contributed by atoms with Crippen molar-refractivity contribution in [2.24, 2.45) is 0 Å². The molecule has 0 fully saturated rings. The van der Waals surface area contributed by atoms with Gasteiger partial charge in [0.15, 0.2) is 0 Å². The van der Waals surface area contributed by atoms with Crippen LogP contribution in [0.3, 0.4) is 0 Å². The standard InChI is InChI=1S/C12H23NO/c1-3-5-6-7-8-11-14-12-10-13-9-4-2/h2,13H,3,5-12H2,1H3. The van der Waals surface area contributed by atoms with Crippen molar-refractivity contribution in [2.75, 3.05) is 26.3 Å². The molecule has 0 aromatic heterocycles. The van der Waals surface area contributed by atoms with Gasteiger partial charge >= 0.3 is 0 Å². The Bertz CT molecular complexity index is 140. The molecule has 2 heteroatoms. The summed E-state index contributed by atoms with van der Waals surface area (Å²) in [5.74, 6) is 2.53. The van der Waals surface area contributed by atoms with Crippen molar-refractivity contribution in [3.63, 3.8) is 0 Å². The highest BCUT2D eigenvalue weighted by Crippen LogP contribution is 2.01. The van der Waals surface area contributed by atoms with Crippen LogP contribution in [-0.4, -0.2) is 26.3 Å². The topological polar surface area (TPSA) is 21.3 Å². The van der Waals surface area contributed by atoms with E-state index >= 15 is 0 Å². The van der Waals surface area contributed by atoms with Crippen LogP contribution in [0.15, 0.2) is 0 Å². The molecule has 0 aliphatic rings. The lowest BCUT2D eigenvalue weighted by Crippen LogP contribution is -2.19. The Balaban J connectivity index is 2.82. The van der Waals surface area contributed by atoms with Crippen molar-refractivity contribution in [3.05, 3.63) is 0 Å². The van der Waals surface area contributed by atoms with E-state index in [9.17, 15) is 0 Å². The van der Waals surface area contributed by atoms with E-state index in [1.165, 1.54) is 32.1 Å². The van der Waals surface area contributed by atoms with Crippen molar-refractivity contribution < 1.29 is 4.74 Å². The first-order valence-electron chi connectivity index (χ1n) is 5.63. The van der Waals surface area contributed by atoms with Crippen LogP contribution >= 0.6 is 0 Å². The second-order valence-electron chi connectivity index (χ2n) is 3.41. The van der Waals surface area contributed by atoms with Crippen LogP contribution in [0.4, 0.5) is 0 Å². The summed E-state index contributed by atoms with van der Waals surface area (Å²) in [5.41, 5.74) is 0. The maximum Gasteiger partial charge on any atom is 0.0591 e. The number of nitrogens with one attached hydrogen (secondary N) is 1. The Hall–Kier alpha value is -0.520. The minimum atomic E-state index is 0.639. The van der Waals surface area contributed by atoms with Crippen LogP contribution in [0.2, 0.25) is 0 Å². The van der Waals surface area contributed by atoms with Gasteiger partial charge in [0.05, 0.1) is 13.2 Å². The number of terminal acetylenes is 1. The van der Waals surface area contributed by atoms with E-state index < -0.39 is 0 Å². The highest BCUT2D eigenvalue weighted by Gasteiger charge is 1.90. The Morgan fingerprint density at radius 3 is 2.64 bits per heavy atom. The molecule has 0 amide bonds. The first-order valence-corrected chi connectivity index (χ1v) is 5.63. The molecule has 0 rings (SSSR count). The lowest BCUT2D eigenvalue weighted by molar-refractivity contribution is 0.132. The van der Waals surface area contributed by atoms with Gasteiger partial charge in [0.1, 0.15) is 0 Å². The van der Waals surface area contributed by atoms with Crippen molar-refractivity contribution in [3.8, 4) is 12.3 Å². The van der Waals surface area contributed by atoms with Crippen molar-refractivity contribution >= 4 is 0 Å². The van der Waals surface area contributed by atoms with Crippen molar-refractivity contribution in [2.45, 2.75) is 39.0 Å². The normalized spacial score (nSPS) is 10.0. The SMILES string of the molecule is C#CCNCCOCCCCCCC. The zero-order valence-corrected chi connectivity index (χ0v) is 9.35. The summed E-state index contributed by atoms with van der Waals surface area (Å²) in [4.78, 5) is 0. The molecular weight excluding hydrogens is 174 g/mol. The second kappa shape index (κ2) is 12.5. The summed E-state index contributed by atoms with van der Waals surface area (Å²) in [5, 5.41) is 3.09. The van der Waals surface area contributed by atoms with Gasteiger partial charge in [-0.05, 0) is 6.42 Å². The predicted molar refractivity (Wildman–Crippen MR) is 61.3 cm³/mol. The molecule has 0 saturated heterocycles. The largest absolute Gasteiger partial charge is 0.380 e. The fourth-order valence-electron chi connectivity index (χ4n) is 1.21. The number of ether oxygens (including phenoxy) is 1. The van der Waals surface area contributed by atoms with Crippen LogP contribution in [0.1, 0.15) is 39.0 Å². The molecule has 0 heterocycles. The maximum atomic E-state index is 5.43. The van der Waals surface area contributed by atoms with Crippen molar-refractivity contribution in [1.82, 2.24) is 5.32 Å². The van der Waals surface area contributed by atoms with Gasteiger partial charge in [-0.1, -0.05) is 38.5 Å². The van der Waals surface area contributed by atoms with Gasteiger partial charge in [-0.2, -0.15) is 0 Å². The van der Waals surface area contributed by atoms with E-state index in [0.717, 1.165) is 19.8 Å². The molecule has 0 atom stereocenters. The average Bonchev–Trinajstić information content (AvgIpc) is 2.21. The molecule has 2 nitrogen and oxygen atoms in total. The molecule has 0 aliphatic carbocycles. The Labute approximate surface area is 88.4 Å². The lowest BCUT2D eigenvalue weighted by atomic mass is 10.2. The third-order valence-electron chi connectivity index (χ3n) is 2.04. The van der Waals surface area contributed by atoms with Gasteiger partial charge in [0.2, 0.25) is 0 Å². The van der Waals surface area contributed by atoms with Gasteiger partial charge < -0.3 is 10.1 Å². The number of unbranched alkanes of at least 4 members (excludes halogenated alkanes) is 4. The summed E-state index contributed by atoms with van der Waals surface area (Å²) in [7, 11) is 0. The first-order chi connectivity index (χ1) is 6.91. The summed E-state index contributed by atoms with van der Waals surface area (Å²) in [6, 6.07) is 0. The molecule has 14 heavy (non-hydrogen) atoms. The van der Waals surface area contributed by atoms with Crippen LogP contribution < -0.4 is 5.32 Å². The van der Waals surface area contributed by atoms with Crippen LogP contribution in [0.25, 0.3) is 0 Å². The van der Waals surface area contributed by atoms with Gasteiger partial charge in [-0.25, -0.2) is 0 Å². The molecular formula is C12H23NO. The van der Waals surface area contributed by atoms with E-state index in [-0.39, 0.29) is 0 Å². The average molecular weight is 197 g/mol. The van der Waals surface area contributed by atoms with Gasteiger partial charge in [0.25, 0.3) is 0 Å². The fourth-order valence-corrected chi connectivity index (χ4v) is 1.21. The van der Waals surface area contributed by atoms with Gasteiger partial charge in [0, 0.05) is 13.2 Å². The minimum absolute atomic E-state index is 0.639. The molecule has 0 bridgehead atoms. The third kappa shape index (κ3) is 11.5. The van der Waals surface area contributed by atoms with Crippen LogP contribution in [0.5, 0.6) is 0 Å². The second-order valence-corrected chi connectivity index (χ2v) is 3.41. The maximum absolute atomic E-state index is 5.43. The molecule has 82 valence electrons. The molecule has 0 aromatic carbocycles. The summed E-state index contributed by atoms with van der Waals surface area (Å²) in [6.07, 6.45) is 11.6. The predicted octanol–water partition coefficient (Wildman–Crippen LogP) is 2.20. The highest BCUT2D eigenvalue weighted by molar-refractivity contribution is 4.86. The molecule has 1 N–H and O–H groups in total. The van der Waals surface area contributed by atoms with Crippen molar-refractivity contribution in [1.29, 1.82) is 0 Å².